The number of carbonyl (C=O) groups is 2. The third-order valence-electron chi connectivity index (χ3n) is 6.89. The smallest absolute Gasteiger partial charge is 0.194 e. The number of rotatable bonds is 4. The number of hydrogen-bond donors (Lipinski definition) is 0. The summed E-state index contributed by atoms with van der Waals surface area (Å²) in [6, 6.07) is 10.6. The normalized spacial score (nSPS) is 18.8. The van der Waals surface area contributed by atoms with Crippen LogP contribution in [0.1, 0.15) is 58.5 Å². The van der Waals surface area contributed by atoms with Crippen LogP contribution in [0.5, 0.6) is 0 Å². The van der Waals surface area contributed by atoms with Crippen molar-refractivity contribution in [3.05, 3.63) is 58.7 Å². The Kier molecular flexibility index (Phi) is 7.25. The molecule has 0 amide bonds. The van der Waals surface area contributed by atoms with E-state index in [9.17, 15) is 9.59 Å². The third kappa shape index (κ3) is 4.83. The zero-order valence-electron chi connectivity index (χ0n) is 21.0. The number of hydrogen-bond acceptors (Lipinski definition) is 6. The zero-order chi connectivity index (χ0) is 25.1. The molecule has 0 aromatic heterocycles. The lowest BCUT2D eigenvalue weighted by Crippen LogP contribution is -2.40. The molecule has 0 radical (unpaired) electrons. The van der Waals surface area contributed by atoms with Crippen LogP contribution in [-0.2, 0) is 9.47 Å². The maximum absolute atomic E-state index is 13.4. The summed E-state index contributed by atoms with van der Waals surface area (Å²) in [5.74, 6) is 1.62. The predicted octanol–water partition coefficient (Wildman–Crippen LogP) is 4.01. The Morgan fingerprint density at radius 1 is 0.667 bits per heavy atom. The second-order valence-corrected chi connectivity index (χ2v) is 9.08. The van der Waals surface area contributed by atoms with Crippen LogP contribution in [0, 0.1) is 0 Å². The van der Waals surface area contributed by atoms with Crippen LogP contribution in [0.3, 0.4) is 0 Å². The van der Waals surface area contributed by atoms with Crippen LogP contribution in [0.25, 0.3) is 0 Å². The maximum atomic E-state index is 13.4. The number of ketones is 2. The number of morpholine rings is 2. The van der Waals surface area contributed by atoms with Gasteiger partial charge in [-0.2, -0.15) is 0 Å². The average Bonchev–Trinajstić information content (AvgIpc) is 2.94. The van der Waals surface area contributed by atoms with Crippen LogP contribution in [-0.4, -0.2) is 85.6 Å². The number of nitrogens with zero attached hydrogens (tertiary/aromatic N) is 4. The van der Waals surface area contributed by atoms with E-state index in [2.05, 4.69) is 23.6 Å². The molecule has 1 aliphatic carbocycles. The van der Waals surface area contributed by atoms with Crippen molar-refractivity contribution in [1.29, 1.82) is 0 Å². The van der Waals surface area contributed by atoms with Crippen LogP contribution in [0.15, 0.2) is 46.4 Å². The van der Waals surface area contributed by atoms with Crippen LogP contribution < -0.4 is 0 Å². The van der Waals surface area contributed by atoms with Crippen LogP contribution in [0.2, 0.25) is 0 Å². The van der Waals surface area contributed by atoms with E-state index in [1.165, 1.54) is 0 Å². The lowest BCUT2D eigenvalue weighted by Gasteiger charge is -2.29. The molecule has 2 fully saturated rings. The molecule has 2 aliphatic heterocycles. The number of amidine groups is 2. The summed E-state index contributed by atoms with van der Waals surface area (Å²) < 4.78 is 10.9. The fraction of sp³-hybridized carbons (Fsp3) is 0.429. The second-order valence-electron chi connectivity index (χ2n) is 9.08. The molecule has 36 heavy (non-hydrogen) atoms. The van der Waals surface area contributed by atoms with Crippen molar-refractivity contribution in [3.63, 3.8) is 0 Å². The van der Waals surface area contributed by atoms with E-state index in [4.69, 9.17) is 19.5 Å². The van der Waals surface area contributed by atoms with Crippen LogP contribution >= 0.6 is 0 Å². The van der Waals surface area contributed by atoms with Gasteiger partial charge in [-0.3, -0.25) is 9.59 Å². The first kappa shape index (κ1) is 24.3. The Labute approximate surface area is 211 Å². The standard InChI is InChI=1S/C28H32N4O4/c1-3-25(31-9-13-35-14-10-31)29-19-5-7-21-23(17-19)27(33)22-8-6-20(18-24(22)28(21)34)30-26(4-2)32-11-15-36-16-12-32/h5-8,17-18H,3-4,9-16H2,1-2H3/b29-25+,30-26+. The van der Waals surface area contributed by atoms with E-state index in [1.54, 1.807) is 24.3 Å². The van der Waals surface area contributed by atoms with Gasteiger partial charge in [0.05, 0.1) is 37.8 Å². The summed E-state index contributed by atoms with van der Waals surface area (Å²) in [6.45, 7) is 10.1. The molecule has 8 heteroatoms. The van der Waals surface area contributed by atoms with Gasteiger partial charge >= 0.3 is 0 Å². The molecule has 3 aliphatic rings. The van der Waals surface area contributed by atoms with Crippen molar-refractivity contribution < 1.29 is 19.1 Å². The van der Waals surface area contributed by atoms with Crippen molar-refractivity contribution in [2.24, 2.45) is 9.98 Å². The van der Waals surface area contributed by atoms with Gasteiger partial charge in [-0.1, -0.05) is 13.8 Å². The van der Waals surface area contributed by atoms with Gasteiger partial charge in [0, 0.05) is 61.3 Å². The Morgan fingerprint density at radius 2 is 1.06 bits per heavy atom. The van der Waals surface area contributed by atoms with Gasteiger partial charge in [0.15, 0.2) is 11.6 Å². The summed E-state index contributed by atoms with van der Waals surface area (Å²) in [5.41, 5.74) is 3.01. The van der Waals surface area contributed by atoms with Crippen LogP contribution in [0.4, 0.5) is 11.4 Å². The molecular formula is C28H32N4O4. The summed E-state index contributed by atoms with van der Waals surface area (Å²) in [6.07, 6.45) is 1.56. The fourth-order valence-corrected chi connectivity index (χ4v) is 4.95. The molecule has 0 bridgehead atoms. The molecule has 0 atom stereocenters. The molecule has 2 aromatic carbocycles. The Morgan fingerprint density at radius 3 is 1.42 bits per heavy atom. The molecule has 0 N–H and O–H groups in total. The maximum Gasteiger partial charge on any atom is 0.194 e. The minimum atomic E-state index is -0.152. The SMILES string of the molecule is CC/C(=N\c1ccc2c(c1)C(=O)c1ccc(/N=C(\CC)N3CCOCC3)cc1C2=O)N1CCOCC1. The number of benzene rings is 2. The fourth-order valence-electron chi connectivity index (χ4n) is 4.95. The van der Waals surface area contributed by atoms with E-state index in [0.717, 1.165) is 50.7 Å². The highest BCUT2D eigenvalue weighted by Crippen LogP contribution is 2.32. The first-order valence-corrected chi connectivity index (χ1v) is 12.8. The zero-order valence-corrected chi connectivity index (χ0v) is 21.0. The van der Waals surface area contributed by atoms with Crippen molar-refractivity contribution in [1.82, 2.24) is 9.80 Å². The van der Waals surface area contributed by atoms with Crippen molar-refractivity contribution in [2.45, 2.75) is 26.7 Å². The quantitative estimate of drug-likeness (QED) is 0.408. The lowest BCUT2D eigenvalue weighted by atomic mass is 9.83. The molecule has 0 spiro atoms. The first-order chi connectivity index (χ1) is 17.6. The predicted molar refractivity (Wildman–Crippen MR) is 139 cm³/mol. The van der Waals surface area contributed by atoms with Gasteiger partial charge < -0.3 is 19.3 Å². The number of ether oxygens (including phenoxy) is 2. The van der Waals surface area contributed by atoms with Gasteiger partial charge in [0.25, 0.3) is 0 Å². The Hall–Kier alpha value is -3.36. The van der Waals surface area contributed by atoms with E-state index in [1.807, 2.05) is 12.1 Å². The minimum Gasteiger partial charge on any atom is -0.378 e. The van der Waals surface area contributed by atoms with Gasteiger partial charge in [-0.05, 0) is 36.4 Å². The molecule has 0 unspecified atom stereocenters. The van der Waals surface area contributed by atoms with Gasteiger partial charge in [0.1, 0.15) is 11.7 Å². The largest absolute Gasteiger partial charge is 0.378 e. The minimum absolute atomic E-state index is 0.152. The highest BCUT2D eigenvalue weighted by atomic mass is 16.5. The molecule has 2 aromatic rings. The molecule has 5 rings (SSSR count). The molecule has 8 nitrogen and oxygen atoms in total. The summed E-state index contributed by atoms with van der Waals surface area (Å²) in [7, 11) is 0. The Bertz CT molecular complexity index is 1130. The van der Waals surface area contributed by atoms with E-state index >= 15 is 0 Å². The lowest BCUT2D eigenvalue weighted by molar-refractivity contribution is 0.0673. The monoisotopic (exact) mass is 488 g/mol. The second kappa shape index (κ2) is 10.7. The molecule has 2 saturated heterocycles. The first-order valence-electron chi connectivity index (χ1n) is 12.8. The van der Waals surface area contributed by atoms with Gasteiger partial charge in [-0.25, -0.2) is 9.98 Å². The summed E-state index contributed by atoms with van der Waals surface area (Å²) in [4.78, 5) is 40.9. The highest BCUT2D eigenvalue weighted by molar-refractivity contribution is 6.28. The molecule has 0 saturated carbocycles. The third-order valence-corrected chi connectivity index (χ3v) is 6.89. The highest BCUT2D eigenvalue weighted by Gasteiger charge is 2.30. The number of fused-ring (bicyclic) bond motifs is 2. The van der Waals surface area contributed by atoms with E-state index in [0.29, 0.717) is 60.1 Å². The number of carbonyl (C=O) groups excluding carboxylic acids is 2. The molecule has 188 valence electrons. The number of aliphatic imine (C=N–C) groups is 2. The van der Waals surface area contributed by atoms with Crippen molar-refractivity contribution in [3.8, 4) is 0 Å². The van der Waals surface area contributed by atoms with E-state index < -0.39 is 0 Å². The van der Waals surface area contributed by atoms with Gasteiger partial charge in [0.2, 0.25) is 0 Å². The van der Waals surface area contributed by atoms with Crippen molar-refractivity contribution in [2.75, 3.05) is 52.6 Å². The topological polar surface area (TPSA) is 83.8 Å². The average molecular weight is 489 g/mol. The molecule has 2 heterocycles. The summed E-state index contributed by atoms with van der Waals surface area (Å²) in [5, 5.41) is 0. The van der Waals surface area contributed by atoms with E-state index in [-0.39, 0.29) is 11.6 Å². The summed E-state index contributed by atoms with van der Waals surface area (Å²) >= 11 is 0. The van der Waals surface area contributed by atoms with Gasteiger partial charge in [-0.15, -0.1) is 0 Å². The molecular weight excluding hydrogens is 456 g/mol. The Balaban J connectivity index is 1.44. The van der Waals surface area contributed by atoms with Crippen molar-refractivity contribution >= 4 is 34.6 Å².